The van der Waals surface area contributed by atoms with Crippen LogP contribution in [0, 0.1) is 10.8 Å². The Labute approximate surface area is 149 Å². The van der Waals surface area contributed by atoms with E-state index in [1.807, 2.05) is 12.1 Å². The van der Waals surface area contributed by atoms with Gasteiger partial charge in [-0.1, -0.05) is 49.9 Å². The second-order valence-electron chi connectivity index (χ2n) is 6.72. The third kappa shape index (κ3) is 4.82. The van der Waals surface area contributed by atoms with Gasteiger partial charge in [0.25, 0.3) is 0 Å². The highest BCUT2D eigenvalue weighted by molar-refractivity contribution is 5.62. The molecule has 0 saturated carbocycles. The van der Waals surface area contributed by atoms with Crippen molar-refractivity contribution < 1.29 is 4.76 Å². The molecule has 0 amide bonds. The van der Waals surface area contributed by atoms with Crippen LogP contribution in [0.3, 0.4) is 0 Å². The highest BCUT2D eigenvalue weighted by Crippen LogP contribution is 2.27. The largest absolute Gasteiger partial charge is 0.404 e. The summed E-state index contributed by atoms with van der Waals surface area (Å²) in [6.45, 7) is 7.52. The molecular weight excluding hydrogens is 314 g/mol. The van der Waals surface area contributed by atoms with Gasteiger partial charge < -0.3 is 11.5 Å². The van der Waals surface area contributed by atoms with E-state index in [9.17, 15) is 4.91 Å². The summed E-state index contributed by atoms with van der Waals surface area (Å²) in [4.78, 5) is 20.8. The average Bonchev–Trinajstić information content (AvgIpc) is 2.61. The van der Waals surface area contributed by atoms with Crippen molar-refractivity contribution in [3.05, 3.63) is 40.9 Å². The summed E-state index contributed by atoms with van der Waals surface area (Å²) >= 11 is 0. The van der Waals surface area contributed by atoms with Crippen LogP contribution in [0.25, 0.3) is 11.3 Å². The molecule has 0 saturated heterocycles. The summed E-state index contributed by atoms with van der Waals surface area (Å²) in [6, 6.07) is 8.24. The Morgan fingerprint density at radius 3 is 2.40 bits per heavy atom. The topological polar surface area (TPSA) is 97.9 Å². The van der Waals surface area contributed by atoms with Gasteiger partial charge in [-0.05, 0) is 46.5 Å². The van der Waals surface area contributed by atoms with Crippen LogP contribution in [0.5, 0.6) is 0 Å². The standard InChI is InChI=1S/C19H28N5O/c1-13(2)14(3)15-6-8-16(9-7-15)17-12-22-18(21)19(23-17)24(25)11-5-4-10-20/h6-9,12-14H,4-5,10-11,20H2,1-3H3,(H2,21,22)/q+1. The molecule has 6 nitrogen and oxygen atoms in total. The Balaban J connectivity index is 2.22. The van der Waals surface area contributed by atoms with Crippen LogP contribution in [-0.4, -0.2) is 27.8 Å². The SMILES string of the molecule is CC(C)C(C)c1ccc(-c2cnc(N)c([N+](=O)CCCCN)n2)cc1. The fraction of sp³-hybridized carbons (Fsp3) is 0.474. The lowest BCUT2D eigenvalue weighted by Crippen LogP contribution is -2.11. The zero-order chi connectivity index (χ0) is 18.4. The van der Waals surface area contributed by atoms with E-state index in [0.717, 1.165) is 16.7 Å². The summed E-state index contributed by atoms with van der Waals surface area (Å²) in [5.41, 5.74) is 14.1. The summed E-state index contributed by atoms with van der Waals surface area (Å²) in [6.07, 6.45) is 3.10. The minimum absolute atomic E-state index is 0.150. The van der Waals surface area contributed by atoms with Gasteiger partial charge in [0.15, 0.2) is 0 Å². The lowest BCUT2D eigenvalue weighted by molar-refractivity contribution is -0.466. The molecule has 0 radical (unpaired) electrons. The molecule has 25 heavy (non-hydrogen) atoms. The van der Waals surface area contributed by atoms with Crippen molar-refractivity contribution in [1.82, 2.24) is 9.97 Å². The van der Waals surface area contributed by atoms with Crippen LogP contribution in [-0.2, 0) is 0 Å². The fourth-order valence-electron chi connectivity index (χ4n) is 2.56. The van der Waals surface area contributed by atoms with Gasteiger partial charge in [0.1, 0.15) is 6.54 Å². The Bertz CT molecular complexity index is 712. The quantitative estimate of drug-likeness (QED) is 0.564. The lowest BCUT2D eigenvalue weighted by Gasteiger charge is -2.15. The number of hydrogen-bond donors (Lipinski definition) is 2. The Kier molecular flexibility index (Phi) is 6.58. The molecule has 134 valence electrons. The van der Waals surface area contributed by atoms with Gasteiger partial charge in [-0.2, -0.15) is 0 Å². The van der Waals surface area contributed by atoms with Crippen molar-refractivity contribution in [2.24, 2.45) is 11.7 Å². The zero-order valence-electron chi connectivity index (χ0n) is 15.3. The molecule has 0 aliphatic heterocycles. The first-order valence-corrected chi connectivity index (χ1v) is 8.81. The number of anilines is 1. The molecule has 1 aromatic carbocycles. The van der Waals surface area contributed by atoms with Crippen LogP contribution in [0.4, 0.5) is 11.6 Å². The maximum atomic E-state index is 12.2. The Hall–Kier alpha value is -2.34. The van der Waals surface area contributed by atoms with Gasteiger partial charge >= 0.3 is 5.82 Å². The number of nitrogen functional groups attached to an aromatic ring is 1. The van der Waals surface area contributed by atoms with Crippen molar-refractivity contribution >= 4 is 11.6 Å². The smallest absolute Gasteiger partial charge is 0.377 e. The summed E-state index contributed by atoms with van der Waals surface area (Å²) in [7, 11) is 0. The van der Waals surface area contributed by atoms with E-state index in [1.165, 1.54) is 5.56 Å². The second kappa shape index (κ2) is 8.67. The first-order chi connectivity index (χ1) is 11.9. The van der Waals surface area contributed by atoms with E-state index >= 15 is 0 Å². The predicted octanol–water partition coefficient (Wildman–Crippen LogP) is 3.63. The van der Waals surface area contributed by atoms with Gasteiger partial charge in [-0.15, -0.1) is 0 Å². The molecule has 1 unspecified atom stereocenters. The molecule has 1 aromatic heterocycles. The Morgan fingerprint density at radius 1 is 1.12 bits per heavy atom. The number of nitroso groups, excluding NO2 is 1. The molecule has 0 bridgehead atoms. The molecule has 2 aromatic rings. The molecule has 2 rings (SSSR count). The fourth-order valence-corrected chi connectivity index (χ4v) is 2.56. The molecule has 6 heteroatoms. The highest BCUT2D eigenvalue weighted by atomic mass is 16.3. The van der Waals surface area contributed by atoms with Crippen molar-refractivity contribution in [2.45, 2.75) is 39.5 Å². The van der Waals surface area contributed by atoms with E-state index in [4.69, 9.17) is 11.5 Å². The van der Waals surface area contributed by atoms with E-state index in [1.54, 1.807) is 6.20 Å². The average molecular weight is 342 g/mol. The highest BCUT2D eigenvalue weighted by Gasteiger charge is 2.22. The predicted molar refractivity (Wildman–Crippen MR) is 102 cm³/mol. The lowest BCUT2D eigenvalue weighted by atomic mass is 9.90. The molecule has 1 heterocycles. The first-order valence-electron chi connectivity index (χ1n) is 8.81. The van der Waals surface area contributed by atoms with Crippen molar-refractivity contribution in [1.29, 1.82) is 0 Å². The maximum absolute atomic E-state index is 12.2. The van der Waals surface area contributed by atoms with Crippen LogP contribution >= 0.6 is 0 Å². The van der Waals surface area contributed by atoms with Crippen molar-refractivity contribution in [2.75, 3.05) is 18.8 Å². The second-order valence-corrected chi connectivity index (χ2v) is 6.72. The van der Waals surface area contributed by atoms with Gasteiger partial charge in [0.2, 0.25) is 11.5 Å². The normalized spacial score (nSPS) is 12.4. The van der Waals surface area contributed by atoms with E-state index in [2.05, 4.69) is 42.9 Å². The number of benzene rings is 1. The molecular formula is C19H28N5O+. The third-order valence-corrected chi connectivity index (χ3v) is 4.57. The zero-order valence-corrected chi connectivity index (χ0v) is 15.3. The summed E-state index contributed by atoms with van der Waals surface area (Å²) < 4.78 is 0.802. The van der Waals surface area contributed by atoms with Crippen LogP contribution < -0.4 is 11.5 Å². The van der Waals surface area contributed by atoms with E-state index < -0.39 is 0 Å². The number of hydrogen-bond acceptors (Lipinski definition) is 5. The molecule has 4 N–H and O–H groups in total. The van der Waals surface area contributed by atoms with E-state index in [0.29, 0.717) is 37.0 Å². The number of unbranched alkanes of at least 4 members (excludes halogenated alkanes) is 1. The number of nitrogens with zero attached hydrogens (tertiary/aromatic N) is 3. The van der Waals surface area contributed by atoms with Crippen LogP contribution in [0.1, 0.15) is 45.1 Å². The molecule has 1 atom stereocenters. The first kappa shape index (κ1) is 19.0. The number of nitrogens with two attached hydrogens (primary N) is 2. The number of rotatable bonds is 8. The van der Waals surface area contributed by atoms with Gasteiger partial charge in [-0.25, -0.2) is 4.98 Å². The van der Waals surface area contributed by atoms with Crippen molar-refractivity contribution in [3.63, 3.8) is 0 Å². The molecule has 0 aliphatic rings. The molecule has 0 spiro atoms. The van der Waals surface area contributed by atoms with Crippen molar-refractivity contribution in [3.8, 4) is 11.3 Å². The summed E-state index contributed by atoms with van der Waals surface area (Å²) in [5.74, 6) is 1.39. The minimum Gasteiger partial charge on any atom is -0.377 e. The monoisotopic (exact) mass is 342 g/mol. The van der Waals surface area contributed by atoms with Gasteiger partial charge in [0, 0.05) is 5.56 Å². The minimum atomic E-state index is 0.150. The van der Waals surface area contributed by atoms with Crippen LogP contribution in [0.2, 0.25) is 0 Å². The van der Waals surface area contributed by atoms with E-state index in [-0.39, 0.29) is 11.6 Å². The maximum Gasteiger partial charge on any atom is 0.404 e. The molecule has 0 aliphatic carbocycles. The van der Waals surface area contributed by atoms with Crippen LogP contribution in [0.15, 0.2) is 30.5 Å². The molecule has 0 fully saturated rings. The van der Waals surface area contributed by atoms with Gasteiger partial charge in [-0.3, -0.25) is 0 Å². The Morgan fingerprint density at radius 2 is 1.80 bits per heavy atom. The third-order valence-electron chi connectivity index (χ3n) is 4.57. The number of aromatic nitrogens is 2. The van der Waals surface area contributed by atoms with Gasteiger partial charge in [0.05, 0.1) is 6.20 Å². The summed E-state index contributed by atoms with van der Waals surface area (Å²) in [5, 5.41) is 0.